The highest BCUT2D eigenvalue weighted by Crippen LogP contribution is 2.42. The zero-order valence-electron chi connectivity index (χ0n) is 13.2. The molecule has 0 saturated heterocycles. The van der Waals surface area contributed by atoms with Crippen molar-refractivity contribution in [3.63, 3.8) is 0 Å². The van der Waals surface area contributed by atoms with Crippen molar-refractivity contribution in [2.75, 3.05) is 13.2 Å². The molecule has 2 unspecified atom stereocenters. The summed E-state index contributed by atoms with van der Waals surface area (Å²) < 4.78 is 16.1. The summed E-state index contributed by atoms with van der Waals surface area (Å²) in [6.45, 7) is 8.56. The van der Waals surface area contributed by atoms with Crippen molar-refractivity contribution in [2.45, 2.75) is 52.6 Å². The van der Waals surface area contributed by atoms with Crippen LogP contribution in [0.25, 0.3) is 0 Å². The Morgan fingerprint density at radius 1 is 1.33 bits per heavy atom. The third kappa shape index (κ3) is 3.81. The van der Waals surface area contributed by atoms with E-state index in [1.807, 2.05) is 20.8 Å². The van der Waals surface area contributed by atoms with Crippen molar-refractivity contribution in [3.05, 3.63) is 11.7 Å². The van der Waals surface area contributed by atoms with Crippen LogP contribution in [0, 0.1) is 11.8 Å². The molecule has 1 heterocycles. The molecule has 0 spiro atoms. The summed E-state index contributed by atoms with van der Waals surface area (Å²) in [5.41, 5.74) is 0. The molecule has 1 saturated carbocycles. The first-order valence-electron chi connectivity index (χ1n) is 7.70. The van der Waals surface area contributed by atoms with Gasteiger partial charge in [0.2, 0.25) is 11.7 Å². The average molecular weight is 296 g/mol. The number of hydrogen-bond acceptors (Lipinski definition) is 6. The van der Waals surface area contributed by atoms with Crippen molar-refractivity contribution in [1.82, 2.24) is 10.1 Å². The van der Waals surface area contributed by atoms with Crippen molar-refractivity contribution in [1.29, 1.82) is 0 Å². The van der Waals surface area contributed by atoms with E-state index in [1.54, 1.807) is 6.92 Å². The van der Waals surface area contributed by atoms with E-state index < -0.39 is 5.92 Å². The van der Waals surface area contributed by atoms with Crippen LogP contribution in [-0.2, 0) is 14.3 Å². The molecule has 0 amide bonds. The second-order valence-corrected chi connectivity index (χ2v) is 5.68. The van der Waals surface area contributed by atoms with E-state index >= 15 is 0 Å². The molecule has 1 aromatic rings. The highest BCUT2D eigenvalue weighted by molar-refractivity contribution is 5.77. The fourth-order valence-electron chi connectivity index (χ4n) is 2.38. The van der Waals surface area contributed by atoms with E-state index in [4.69, 9.17) is 14.0 Å². The average Bonchev–Trinajstić information content (AvgIpc) is 3.15. The number of ether oxygens (including phenoxy) is 2. The van der Waals surface area contributed by atoms with Crippen molar-refractivity contribution >= 4 is 5.97 Å². The Morgan fingerprint density at radius 2 is 2.05 bits per heavy atom. The quantitative estimate of drug-likeness (QED) is 0.687. The van der Waals surface area contributed by atoms with E-state index in [1.165, 1.54) is 0 Å². The van der Waals surface area contributed by atoms with Gasteiger partial charge in [-0.2, -0.15) is 4.98 Å². The molecule has 1 aliphatic rings. The Labute approximate surface area is 125 Å². The lowest BCUT2D eigenvalue weighted by Gasteiger charge is -2.15. The van der Waals surface area contributed by atoms with Gasteiger partial charge in [-0.05, 0) is 38.5 Å². The lowest BCUT2D eigenvalue weighted by atomic mass is 9.96. The van der Waals surface area contributed by atoms with Crippen LogP contribution in [0.15, 0.2) is 4.52 Å². The fraction of sp³-hybridized carbons (Fsp3) is 0.800. The standard InChI is InChI=1S/C15H24N2O4/c1-5-19-12(10-7-8-10)13-16-14(21-17-13)11(9(3)4)15(18)20-6-2/h9-12H,5-8H2,1-4H3. The molecule has 1 aliphatic carbocycles. The molecule has 0 N–H and O–H groups in total. The van der Waals surface area contributed by atoms with Crippen LogP contribution in [0.4, 0.5) is 0 Å². The van der Waals surface area contributed by atoms with E-state index in [0.717, 1.165) is 12.8 Å². The summed E-state index contributed by atoms with van der Waals surface area (Å²) in [7, 11) is 0. The number of carbonyl (C=O) groups excluding carboxylic acids is 1. The summed E-state index contributed by atoms with van der Waals surface area (Å²) in [5.74, 6) is 0.530. The minimum Gasteiger partial charge on any atom is -0.465 e. The van der Waals surface area contributed by atoms with Crippen molar-refractivity contribution in [3.8, 4) is 0 Å². The Balaban J connectivity index is 2.17. The van der Waals surface area contributed by atoms with Gasteiger partial charge in [0, 0.05) is 6.61 Å². The Kier molecular flexibility index (Phi) is 5.33. The molecular weight excluding hydrogens is 272 g/mol. The summed E-state index contributed by atoms with van der Waals surface area (Å²) in [4.78, 5) is 16.5. The van der Waals surface area contributed by atoms with Gasteiger partial charge in [0.05, 0.1) is 6.61 Å². The zero-order chi connectivity index (χ0) is 15.4. The van der Waals surface area contributed by atoms with Gasteiger partial charge in [-0.3, -0.25) is 4.79 Å². The van der Waals surface area contributed by atoms with Crippen molar-refractivity contribution in [2.24, 2.45) is 11.8 Å². The summed E-state index contributed by atoms with van der Waals surface area (Å²) >= 11 is 0. The topological polar surface area (TPSA) is 74.5 Å². The maximum atomic E-state index is 12.1. The predicted molar refractivity (Wildman–Crippen MR) is 75.6 cm³/mol. The van der Waals surface area contributed by atoms with Crippen LogP contribution >= 0.6 is 0 Å². The van der Waals surface area contributed by atoms with E-state index in [9.17, 15) is 4.79 Å². The van der Waals surface area contributed by atoms with Gasteiger partial charge in [-0.25, -0.2) is 0 Å². The van der Waals surface area contributed by atoms with Crippen LogP contribution in [0.3, 0.4) is 0 Å². The van der Waals surface area contributed by atoms with Crippen LogP contribution in [0.5, 0.6) is 0 Å². The molecule has 0 radical (unpaired) electrons. The lowest BCUT2D eigenvalue weighted by molar-refractivity contribution is -0.146. The SMILES string of the molecule is CCOC(=O)C(c1nc(C(OCC)C2CC2)no1)C(C)C. The van der Waals surface area contributed by atoms with Crippen LogP contribution in [-0.4, -0.2) is 29.3 Å². The number of hydrogen-bond donors (Lipinski definition) is 0. The second kappa shape index (κ2) is 7.02. The first kappa shape index (κ1) is 15.9. The number of carbonyl (C=O) groups is 1. The molecule has 1 fully saturated rings. The smallest absolute Gasteiger partial charge is 0.318 e. The van der Waals surface area contributed by atoms with Crippen molar-refractivity contribution < 1.29 is 18.8 Å². The summed E-state index contributed by atoms with van der Waals surface area (Å²) in [5, 5.41) is 4.02. The first-order chi connectivity index (χ1) is 10.1. The van der Waals surface area contributed by atoms with Gasteiger partial charge in [0.1, 0.15) is 12.0 Å². The van der Waals surface area contributed by atoms with Gasteiger partial charge in [0.15, 0.2) is 0 Å². The third-order valence-electron chi connectivity index (χ3n) is 3.58. The molecule has 118 valence electrons. The number of esters is 1. The first-order valence-corrected chi connectivity index (χ1v) is 7.70. The van der Waals surface area contributed by atoms with Crippen LogP contribution in [0.2, 0.25) is 0 Å². The molecule has 2 rings (SSSR count). The minimum absolute atomic E-state index is 0.0313. The van der Waals surface area contributed by atoms with Gasteiger partial charge < -0.3 is 14.0 Å². The monoisotopic (exact) mass is 296 g/mol. The number of aromatic nitrogens is 2. The largest absolute Gasteiger partial charge is 0.465 e. The zero-order valence-corrected chi connectivity index (χ0v) is 13.2. The van der Waals surface area contributed by atoms with Gasteiger partial charge >= 0.3 is 5.97 Å². The fourth-order valence-corrected chi connectivity index (χ4v) is 2.38. The number of nitrogens with zero attached hydrogens (tertiary/aromatic N) is 2. The molecule has 0 aromatic carbocycles. The molecule has 6 nitrogen and oxygen atoms in total. The minimum atomic E-state index is -0.521. The van der Waals surface area contributed by atoms with E-state index in [-0.39, 0.29) is 18.0 Å². The van der Waals surface area contributed by atoms with E-state index in [0.29, 0.717) is 30.8 Å². The summed E-state index contributed by atoms with van der Waals surface area (Å²) in [6, 6.07) is 0. The lowest BCUT2D eigenvalue weighted by Crippen LogP contribution is -2.21. The van der Waals surface area contributed by atoms with E-state index in [2.05, 4.69) is 10.1 Å². The predicted octanol–water partition coefficient (Wildman–Crippen LogP) is 2.86. The van der Waals surface area contributed by atoms with Gasteiger partial charge in [0.25, 0.3) is 0 Å². The molecular formula is C15H24N2O4. The van der Waals surface area contributed by atoms with Gasteiger partial charge in [-0.15, -0.1) is 0 Å². The van der Waals surface area contributed by atoms with Crippen LogP contribution < -0.4 is 0 Å². The maximum Gasteiger partial charge on any atom is 0.318 e. The second-order valence-electron chi connectivity index (χ2n) is 5.68. The Bertz CT molecular complexity index is 468. The highest BCUT2D eigenvalue weighted by atomic mass is 16.5. The molecule has 1 aromatic heterocycles. The molecule has 21 heavy (non-hydrogen) atoms. The van der Waals surface area contributed by atoms with Crippen LogP contribution in [0.1, 0.15) is 64.3 Å². The number of rotatable bonds is 8. The van der Waals surface area contributed by atoms with Gasteiger partial charge in [-0.1, -0.05) is 19.0 Å². The Hall–Kier alpha value is -1.43. The highest BCUT2D eigenvalue weighted by Gasteiger charge is 2.38. The molecule has 2 atom stereocenters. The molecule has 6 heteroatoms. The Morgan fingerprint density at radius 3 is 2.57 bits per heavy atom. The summed E-state index contributed by atoms with van der Waals surface area (Å²) in [6.07, 6.45) is 2.13. The molecule has 0 bridgehead atoms. The molecule has 0 aliphatic heterocycles. The normalized spacial score (nSPS) is 17.8. The maximum absolute atomic E-state index is 12.1. The third-order valence-corrected chi connectivity index (χ3v) is 3.58.